The molecule has 2 aromatic rings. The van der Waals surface area contributed by atoms with Gasteiger partial charge in [-0.15, -0.1) is 0 Å². The fourth-order valence-electron chi connectivity index (χ4n) is 4.95. The molecule has 0 amide bonds. The van der Waals surface area contributed by atoms with Crippen molar-refractivity contribution in [1.29, 1.82) is 0 Å². The van der Waals surface area contributed by atoms with E-state index in [1.165, 1.54) is 13.2 Å². The lowest BCUT2D eigenvalue weighted by Crippen LogP contribution is -2.36. The third-order valence-electron chi connectivity index (χ3n) is 6.72. The zero-order valence-electron chi connectivity index (χ0n) is 21.4. The van der Waals surface area contributed by atoms with Gasteiger partial charge in [0, 0.05) is 29.3 Å². The smallest absolute Gasteiger partial charge is 0.336 e. The van der Waals surface area contributed by atoms with E-state index < -0.39 is 11.9 Å². The standard InChI is InChI=1S/C29H33NO6/c1-16(2)15-36-29(33)26-17(3)30-22-12-20(18-6-9-21(34-4)10-7-18)13-24(32)28(22)27(26)19-8-11-23(31)25(14-19)35-5/h6-11,14,16,20,27,30-31H,12-13,15H2,1-5H3. The minimum atomic E-state index is -0.625. The number of carbonyl (C=O) groups is 2. The molecule has 36 heavy (non-hydrogen) atoms. The van der Waals surface area contributed by atoms with Crippen LogP contribution in [-0.2, 0) is 14.3 Å². The predicted molar refractivity (Wildman–Crippen MR) is 136 cm³/mol. The maximum Gasteiger partial charge on any atom is 0.336 e. The number of hydrogen-bond donors (Lipinski definition) is 2. The molecule has 2 unspecified atom stereocenters. The summed E-state index contributed by atoms with van der Waals surface area (Å²) in [7, 11) is 3.09. The molecule has 1 aliphatic heterocycles. The zero-order valence-corrected chi connectivity index (χ0v) is 21.4. The van der Waals surface area contributed by atoms with Crippen LogP contribution in [0.2, 0.25) is 0 Å². The number of allylic oxidation sites excluding steroid dienone is 3. The van der Waals surface area contributed by atoms with Crippen molar-refractivity contribution in [2.45, 2.75) is 45.4 Å². The molecule has 0 saturated carbocycles. The van der Waals surface area contributed by atoms with E-state index in [1.54, 1.807) is 19.2 Å². The Hall–Kier alpha value is -3.74. The molecular formula is C29H33NO6. The minimum absolute atomic E-state index is 0.00639. The Balaban J connectivity index is 1.77. The van der Waals surface area contributed by atoms with Gasteiger partial charge in [-0.3, -0.25) is 4.79 Å². The van der Waals surface area contributed by atoms with Gasteiger partial charge in [-0.25, -0.2) is 4.79 Å². The van der Waals surface area contributed by atoms with Gasteiger partial charge in [-0.1, -0.05) is 32.0 Å². The number of ketones is 1. The van der Waals surface area contributed by atoms with E-state index >= 15 is 0 Å². The molecule has 0 saturated heterocycles. The highest BCUT2D eigenvalue weighted by Crippen LogP contribution is 2.47. The van der Waals surface area contributed by atoms with Gasteiger partial charge in [0.15, 0.2) is 17.3 Å². The van der Waals surface area contributed by atoms with Crippen LogP contribution in [0.25, 0.3) is 0 Å². The molecule has 0 spiro atoms. The Morgan fingerprint density at radius 1 is 1.06 bits per heavy atom. The number of Topliss-reactive ketones (excluding diaryl/α,β-unsaturated/α-hetero) is 1. The van der Waals surface area contributed by atoms with Gasteiger partial charge in [0.05, 0.1) is 26.4 Å². The van der Waals surface area contributed by atoms with E-state index in [-0.39, 0.29) is 35.7 Å². The highest BCUT2D eigenvalue weighted by atomic mass is 16.5. The highest BCUT2D eigenvalue weighted by molar-refractivity contribution is 6.04. The molecule has 0 radical (unpaired) electrons. The predicted octanol–water partition coefficient (Wildman–Crippen LogP) is 4.97. The number of benzene rings is 2. The summed E-state index contributed by atoms with van der Waals surface area (Å²) in [6.07, 6.45) is 0.955. The average molecular weight is 492 g/mol. The van der Waals surface area contributed by atoms with Crippen LogP contribution in [0, 0.1) is 5.92 Å². The van der Waals surface area contributed by atoms with Crippen LogP contribution in [0.5, 0.6) is 17.2 Å². The number of esters is 1. The second-order valence-corrected chi connectivity index (χ2v) is 9.71. The minimum Gasteiger partial charge on any atom is -0.504 e. The Morgan fingerprint density at radius 2 is 1.75 bits per heavy atom. The van der Waals surface area contributed by atoms with E-state index in [0.717, 1.165) is 17.0 Å². The van der Waals surface area contributed by atoms with Gasteiger partial charge in [0.2, 0.25) is 0 Å². The van der Waals surface area contributed by atoms with Crippen molar-refractivity contribution < 1.29 is 28.9 Å². The Bertz CT molecular complexity index is 1220. The molecule has 190 valence electrons. The molecule has 2 N–H and O–H groups in total. The second-order valence-electron chi connectivity index (χ2n) is 9.71. The highest BCUT2D eigenvalue weighted by Gasteiger charge is 2.41. The molecule has 2 atom stereocenters. The number of aromatic hydroxyl groups is 1. The summed E-state index contributed by atoms with van der Waals surface area (Å²) >= 11 is 0. The molecule has 2 aliphatic rings. The number of phenolic OH excluding ortho intramolecular Hbond substituents is 1. The van der Waals surface area contributed by atoms with E-state index in [2.05, 4.69) is 5.32 Å². The fourth-order valence-corrected chi connectivity index (χ4v) is 4.95. The van der Waals surface area contributed by atoms with Gasteiger partial charge < -0.3 is 24.6 Å². The lowest BCUT2D eigenvalue weighted by atomic mass is 9.71. The van der Waals surface area contributed by atoms with Crippen molar-refractivity contribution in [3.63, 3.8) is 0 Å². The average Bonchev–Trinajstić information content (AvgIpc) is 2.86. The van der Waals surface area contributed by atoms with E-state index in [4.69, 9.17) is 14.2 Å². The number of ether oxygens (including phenoxy) is 3. The summed E-state index contributed by atoms with van der Waals surface area (Å²) in [5.41, 5.74) is 4.17. The lowest BCUT2D eigenvalue weighted by Gasteiger charge is -2.37. The first kappa shape index (κ1) is 25.4. The molecule has 0 bridgehead atoms. The summed E-state index contributed by atoms with van der Waals surface area (Å²) in [5.74, 6) is 0.108. The van der Waals surface area contributed by atoms with Gasteiger partial charge >= 0.3 is 5.97 Å². The van der Waals surface area contributed by atoms with Crippen molar-refractivity contribution in [2.24, 2.45) is 5.92 Å². The van der Waals surface area contributed by atoms with Crippen LogP contribution >= 0.6 is 0 Å². The fraction of sp³-hybridized carbons (Fsp3) is 0.379. The number of carbonyl (C=O) groups excluding carboxylic acids is 2. The number of phenols is 1. The SMILES string of the molecule is COc1ccc(C2CC(=O)C3=C(C2)NC(C)=C(C(=O)OCC(C)C)C3c2ccc(O)c(OC)c2)cc1. The van der Waals surface area contributed by atoms with E-state index in [9.17, 15) is 14.7 Å². The van der Waals surface area contributed by atoms with Crippen molar-refractivity contribution in [3.05, 3.63) is 76.1 Å². The zero-order chi connectivity index (χ0) is 26.0. The third-order valence-corrected chi connectivity index (χ3v) is 6.72. The summed E-state index contributed by atoms with van der Waals surface area (Å²) in [4.78, 5) is 27.0. The summed E-state index contributed by atoms with van der Waals surface area (Å²) < 4.78 is 16.2. The number of dihydropyridines is 1. The van der Waals surface area contributed by atoms with Crippen molar-refractivity contribution in [1.82, 2.24) is 5.32 Å². The van der Waals surface area contributed by atoms with Crippen LogP contribution < -0.4 is 14.8 Å². The van der Waals surface area contributed by atoms with Crippen molar-refractivity contribution >= 4 is 11.8 Å². The van der Waals surface area contributed by atoms with E-state index in [1.807, 2.05) is 45.0 Å². The Labute approximate surface area is 211 Å². The summed E-state index contributed by atoms with van der Waals surface area (Å²) in [5, 5.41) is 13.5. The molecule has 0 fully saturated rings. The molecule has 7 nitrogen and oxygen atoms in total. The van der Waals surface area contributed by atoms with Gasteiger partial charge in [-0.2, -0.15) is 0 Å². The Kier molecular flexibility index (Phi) is 7.38. The monoisotopic (exact) mass is 491 g/mol. The first-order valence-electron chi connectivity index (χ1n) is 12.2. The summed E-state index contributed by atoms with van der Waals surface area (Å²) in [6, 6.07) is 12.7. The third kappa shape index (κ3) is 4.96. The summed E-state index contributed by atoms with van der Waals surface area (Å²) in [6.45, 7) is 6.06. The second kappa shape index (κ2) is 10.5. The van der Waals surface area contributed by atoms with Gasteiger partial charge in [0.25, 0.3) is 0 Å². The first-order valence-corrected chi connectivity index (χ1v) is 12.2. The molecule has 4 rings (SSSR count). The maximum absolute atomic E-state index is 13.7. The number of rotatable bonds is 7. The number of methoxy groups -OCH3 is 2. The van der Waals surface area contributed by atoms with Crippen LogP contribution in [0.15, 0.2) is 65.0 Å². The lowest BCUT2D eigenvalue weighted by molar-refractivity contribution is -0.140. The van der Waals surface area contributed by atoms with Crippen LogP contribution in [0.3, 0.4) is 0 Å². The van der Waals surface area contributed by atoms with Gasteiger partial charge in [0.1, 0.15) is 5.75 Å². The topological polar surface area (TPSA) is 94.1 Å². The van der Waals surface area contributed by atoms with E-state index in [0.29, 0.717) is 35.2 Å². The van der Waals surface area contributed by atoms with Crippen molar-refractivity contribution in [2.75, 3.05) is 20.8 Å². The molecule has 2 aromatic carbocycles. The molecule has 0 aromatic heterocycles. The largest absolute Gasteiger partial charge is 0.504 e. The number of nitrogens with one attached hydrogen (secondary N) is 1. The molecular weight excluding hydrogens is 458 g/mol. The molecule has 1 aliphatic carbocycles. The quantitative estimate of drug-likeness (QED) is 0.528. The number of hydrogen-bond acceptors (Lipinski definition) is 7. The van der Waals surface area contributed by atoms with Crippen LogP contribution in [0.4, 0.5) is 0 Å². The van der Waals surface area contributed by atoms with Crippen molar-refractivity contribution in [3.8, 4) is 17.2 Å². The Morgan fingerprint density at radius 3 is 2.39 bits per heavy atom. The molecule has 7 heteroatoms. The van der Waals surface area contributed by atoms with Crippen LogP contribution in [0.1, 0.15) is 56.6 Å². The molecule has 1 heterocycles. The maximum atomic E-state index is 13.7. The normalized spacial score (nSPS) is 19.7. The van der Waals surface area contributed by atoms with Crippen LogP contribution in [-0.4, -0.2) is 37.7 Å². The first-order chi connectivity index (χ1) is 17.2. The van der Waals surface area contributed by atoms with Gasteiger partial charge in [-0.05, 0) is 60.6 Å².